The molecule has 2 aromatic carbocycles. The highest BCUT2D eigenvalue weighted by atomic mass is 35.5. The number of carbonyl (C=O) groups is 1. The lowest BCUT2D eigenvalue weighted by atomic mass is 9.97. The first-order valence-corrected chi connectivity index (χ1v) is 9.73. The summed E-state index contributed by atoms with van der Waals surface area (Å²) in [4.78, 5) is 15.2. The Morgan fingerprint density at radius 3 is 2.50 bits per heavy atom. The van der Waals surface area contributed by atoms with E-state index in [0.717, 1.165) is 28.9 Å². The molecule has 0 bridgehead atoms. The van der Waals surface area contributed by atoms with Crippen LogP contribution in [0.3, 0.4) is 0 Å². The number of amides is 1. The second-order valence-electron chi connectivity index (χ2n) is 7.41. The van der Waals surface area contributed by atoms with Crippen LogP contribution in [0.15, 0.2) is 42.5 Å². The average Bonchev–Trinajstić information content (AvgIpc) is 2.96. The molecule has 2 heterocycles. The first-order valence-electron chi connectivity index (χ1n) is 9.35. The van der Waals surface area contributed by atoms with Crippen molar-refractivity contribution in [2.75, 3.05) is 6.54 Å². The molecule has 3 nitrogen and oxygen atoms in total. The van der Waals surface area contributed by atoms with Crippen molar-refractivity contribution in [1.29, 1.82) is 0 Å². The minimum absolute atomic E-state index is 0.0204. The third-order valence-electron chi connectivity index (χ3n) is 5.77. The molecule has 0 saturated carbocycles. The van der Waals surface area contributed by atoms with Gasteiger partial charge in [0, 0.05) is 37.1 Å². The molecule has 1 aliphatic rings. The summed E-state index contributed by atoms with van der Waals surface area (Å²) in [5.74, 6) is -0.745. The van der Waals surface area contributed by atoms with Gasteiger partial charge in [0.1, 0.15) is 5.82 Å². The Kier molecular flexibility index (Phi) is 4.76. The van der Waals surface area contributed by atoms with Gasteiger partial charge < -0.3 is 9.47 Å². The van der Waals surface area contributed by atoms with Crippen LogP contribution < -0.4 is 0 Å². The lowest BCUT2D eigenvalue weighted by molar-refractivity contribution is 0.0735. The molecule has 28 heavy (non-hydrogen) atoms. The first kappa shape index (κ1) is 18.8. The maximum absolute atomic E-state index is 14.3. The lowest BCUT2D eigenvalue weighted by Crippen LogP contribution is -2.36. The van der Waals surface area contributed by atoms with Crippen LogP contribution in [0.25, 0.3) is 11.3 Å². The van der Waals surface area contributed by atoms with Gasteiger partial charge >= 0.3 is 0 Å². The van der Waals surface area contributed by atoms with Crippen molar-refractivity contribution in [3.05, 3.63) is 81.3 Å². The molecule has 4 rings (SSSR count). The number of nitrogens with zero attached hydrogens (tertiary/aromatic N) is 2. The highest BCUT2D eigenvalue weighted by Crippen LogP contribution is 2.33. The minimum atomic E-state index is -0.575. The van der Waals surface area contributed by atoms with Crippen molar-refractivity contribution in [2.24, 2.45) is 7.05 Å². The number of hydrogen-bond acceptors (Lipinski definition) is 1. The van der Waals surface area contributed by atoms with Crippen molar-refractivity contribution >= 4 is 17.5 Å². The monoisotopic (exact) mass is 396 g/mol. The quantitative estimate of drug-likeness (QED) is 0.577. The fraction of sp³-hybridized carbons (Fsp3) is 0.261. The zero-order chi connectivity index (χ0) is 20.0. The van der Waals surface area contributed by atoms with E-state index in [0.29, 0.717) is 24.2 Å². The van der Waals surface area contributed by atoms with Crippen molar-refractivity contribution < 1.29 is 9.18 Å². The summed E-state index contributed by atoms with van der Waals surface area (Å²) in [6.45, 7) is 5.19. The maximum atomic E-state index is 14.3. The van der Waals surface area contributed by atoms with Crippen LogP contribution in [0.4, 0.5) is 4.39 Å². The van der Waals surface area contributed by atoms with E-state index in [1.54, 1.807) is 11.0 Å². The highest BCUT2D eigenvalue weighted by Gasteiger charge is 2.26. The number of fused-ring (bicyclic) bond motifs is 1. The maximum Gasteiger partial charge on any atom is 0.254 e. The molecule has 1 aromatic heterocycles. The van der Waals surface area contributed by atoms with Gasteiger partial charge in [0.25, 0.3) is 5.91 Å². The van der Waals surface area contributed by atoms with Crippen LogP contribution >= 0.6 is 11.6 Å². The molecule has 5 heteroatoms. The van der Waals surface area contributed by atoms with Gasteiger partial charge in [-0.3, -0.25) is 4.79 Å². The predicted molar refractivity (Wildman–Crippen MR) is 110 cm³/mol. The smallest absolute Gasteiger partial charge is 0.254 e. The molecule has 0 atom stereocenters. The second-order valence-corrected chi connectivity index (χ2v) is 7.82. The minimum Gasteiger partial charge on any atom is -0.348 e. The van der Waals surface area contributed by atoms with E-state index in [-0.39, 0.29) is 10.9 Å². The zero-order valence-electron chi connectivity index (χ0n) is 16.2. The number of benzene rings is 2. The van der Waals surface area contributed by atoms with Gasteiger partial charge in [-0.15, -0.1) is 0 Å². The Bertz CT molecular complexity index is 1090. The standard InChI is InChI=1S/C23H22ClFN2O/c1-14-10-22(26(3)15(14)2)18-11-20(24)21(25)12-19(18)23(28)27-9-8-16-6-4-5-7-17(16)13-27/h4-7,10-12H,8-9,13H2,1-3H3. The Morgan fingerprint density at radius 1 is 1.11 bits per heavy atom. The molecule has 0 spiro atoms. The molecule has 0 radical (unpaired) electrons. The van der Waals surface area contributed by atoms with Crippen LogP contribution in [0, 0.1) is 19.7 Å². The normalized spacial score (nSPS) is 13.5. The van der Waals surface area contributed by atoms with E-state index in [1.807, 2.05) is 49.7 Å². The summed E-state index contributed by atoms with van der Waals surface area (Å²) in [7, 11) is 1.94. The molecule has 0 unspecified atom stereocenters. The fourth-order valence-electron chi connectivity index (χ4n) is 3.89. The molecule has 0 saturated heterocycles. The molecular weight excluding hydrogens is 375 g/mol. The van der Waals surface area contributed by atoms with Gasteiger partial charge in [-0.25, -0.2) is 4.39 Å². The average molecular weight is 397 g/mol. The van der Waals surface area contributed by atoms with Gasteiger partial charge in [0.05, 0.1) is 10.6 Å². The van der Waals surface area contributed by atoms with Crippen molar-refractivity contribution in [3.63, 3.8) is 0 Å². The van der Waals surface area contributed by atoms with Crippen molar-refractivity contribution in [3.8, 4) is 11.3 Å². The summed E-state index contributed by atoms with van der Waals surface area (Å²) in [5, 5.41) is 0.0204. The van der Waals surface area contributed by atoms with Gasteiger partial charge in [-0.2, -0.15) is 0 Å². The second kappa shape index (κ2) is 7.10. The van der Waals surface area contributed by atoms with E-state index < -0.39 is 5.82 Å². The van der Waals surface area contributed by atoms with Crippen LogP contribution in [-0.2, 0) is 20.0 Å². The third-order valence-corrected chi connectivity index (χ3v) is 6.06. The Hall–Kier alpha value is -2.59. The Labute approximate surface area is 169 Å². The molecular formula is C23H22ClFN2O. The number of aromatic nitrogens is 1. The molecule has 0 N–H and O–H groups in total. The first-order chi connectivity index (χ1) is 13.4. The van der Waals surface area contributed by atoms with Crippen molar-refractivity contribution in [1.82, 2.24) is 9.47 Å². The fourth-order valence-corrected chi connectivity index (χ4v) is 4.05. The Balaban J connectivity index is 1.78. The summed E-state index contributed by atoms with van der Waals surface area (Å²) in [6.07, 6.45) is 0.801. The number of aryl methyl sites for hydroxylation is 1. The van der Waals surface area contributed by atoms with Crippen LogP contribution in [0.2, 0.25) is 5.02 Å². The SMILES string of the molecule is Cc1cc(-c2cc(Cl)c(F)cc2C(=O)N2CCc3ccccc3C2)n(C)c1C. The number of rotatable bonds is 2. The van der Waals surface area contributed by atoms with Crippen LogP contribution in [0.5, 0.6) is 0 Å². The molecule has 1 amide bonds. The largest absolute Gasteiger partial charge is 0.348 e. The Morgan fingerprint density at radius 2 is 1.82 bits per heavy atom. The van der Waals surface area contributed by atoms with Crippen LogP contribution in [-0.4, -0.2) is 21.9 Å². The van der Waals surface area contributed by atoms with E-state index in [2.05, 4.69) is 6.07 Å². The van der Waals surface area contributed by atoms with Crippen molar-refractivity contribution in [2.45, 2.75) is 26.8 Å². The van der Waals surface area contributed by atoms with Gasteiger partial charge in [-0.1, -0.05) is 35.9 Å². The van der Waals surface area contributed by atoms with E-state index in [1.165, 1.54) is 11.6 Å². The van der Waals surface area contributed by atoms with Gasteiger partial charge in [-0.05, 0) is 55.2 Å². The van der Waals surface area contributed by atoms with Gasteiger partial charge in [0.15, 0.2) is 0 Å². The molecule has 3 aromatic rings. The molecule has 1 aliphatic heterocycles. The summed E-state index contributed by atoms with van der Waals surface area (Å²) >= 11 is 6.08. The third kappa shape index (κ3) is 3.12. The predicted octanol–water partition coefficient (Wildman–Crippen LogP) is 5.30. The number of halogens is 2. The summed E-state index contributed by atoms with van der Waals surface area (Å²) < 4.78 is 16.3. The molecule has 0 aliphatic carbocycles. The van der Waals surface area contributed by atoms with E-state index >= 15 is 0 Å². The molecule has 0 fully saturated rings. The number of hydrogen-bond donors (Lipinski definition) is 0. The topological polar surface area (TPSA) is 25.2 Å². The van der Waals surface area contributed by atoms with Gasteiger partial charge in [0.2, 0.25) is 0 Å². The number of carbonyl (C=O) groups excluding carboxylic acids is 1. The lowest BCUT2D eigenvalue weighted by Gasteiger charge is -2.29. The van der Waals surface area contributed by atoms with E-state index in [9.17, 15) is 9.18 Å². The molecule has 144 valence electrons. The summed E-state index contributed by atoms with van der Waals surface area (Å²) in [5.41, 5.74) is 6.49. The highest BCUT2D eigenvalue weighted by molar-refractivity contribution is 6.31. The van der Waals surface area contributed by atoms with Crippen LogP contribution in [0.1, 0.15) is 32.7 Å². The van der Waals surface area contributed by atoms with E-state index in [4.69, 9.17) is 11.6 Å². The summed E-state index contributed by atoms with van der Waals surface area (Å²) in [6, 6.07) is 13.0. The zero-order valence-corrected chi connectivity index (χ0v) is 17.0.